The van der Waals surface area contributed by atoms with Crippen molar-refractivity contribution in [3.05, 3.63) is 24.3 Å². The van der Waals surface area contributed by atoms with E-state index in [1.54, 1.807) is 0 Å². The molecule has 11 nitrogen and oxygen atoms in total. The van der Waals surface area contributed by atoms with Crippen LogP contribution in [0.4, 0.5) is 23.7 Å². The van der Waals surface area contributed by atoms with Crippen LogP contribution in [-0.4, -0.2) is 82.6 Å². The first kappa shape index (κ1) is 36.1. The Hall–Kier alpha value is -2.91. The average molecular weight is 586 g/mol. The predicted octanol–water partition coefficient (Wildman–Crippen LogP) is 2.72. The molecule has 0 spiro atoms. The molecule has 1 aromatic rings. The molecule has 1 aromatic carbocycles. The highest BCUT2D eigenvalue weighted by Crippen LogP contribution is 2.16. The topological polar surface area (TPSA) is 162 Å². The number of amides is 1. The zero-order valence-corrected chi connectivity index (χ0v) is 23.4. The number of aliphatic carboxylic acids is 2. The summed E-state index contributed by atoms with van der Waals surface area (Å²) in [6.45, 7) is 2.82. The van der Waals surface area contributed by atoms with E-state index in [9.17, 15) is 31.2 Å². The maximum absolute atomic E-state index is 12.7. The van der Waals surface area contributed by atoms with Gasteiger partial charge < -0.3 is 24.2 Å². The van der Waals surface area contributed by atoms with Crippen LogP contribution in [-0.2, 0) is 24.3 Å². The Morgan fingerprint density at radius 1 is 1.03 bits per heavy atom. The quantitative estimate of drug-likeness (QED) is 0.209. The van der Waals surface area contributed by atoms with Crippen molar-refractivity contribution in [2.45, 2.75) is 69.0 Å². The Morgan fingerprint density at radius 2 is 1.54 bits per heavy atom. The van der Waals surface area contributed by atoms with Crippen LogP contribution in [0.1, 0.15) is 51.9 Å². The number of rotatable bonds is 15. The minimum Gasteiger partial charge on any atom is -0.542 e. The zero-order valence-electron chi connectivity index (χ0n) is 22.5. The number of halogens is 3. The van der Waals surface area contributed by atoms with Crippen LogP contribution in [0, 0.1) is 0 Å². The highest BCUT2D eigenvalue weighted by atomic mass is 32.2. The van der Waals surface area contributed by atoms with E-state index < -0.39 is 40.3 Å². The van der Waals surface area contributed by atoms with Crippen molar-refractivity contribution in [1.29, 1.82) is 0 Å². The van der Waals surface area contributed by atoms with Crippen molar-refractivity contribution < 1.29 is 55.4 Å². The molecule has 0 saturated heterocycles. The number of nitrogens with zero attached hydrogens (tertiary/aromatic N) is 1. The fourth-order valence-corrected chi connectivity index (χ4v) is 4.45. The van der Waals surface area contributed by atoms with Gasteiger partial charge >= 0.3 is 18.2 Å². The third-order valence-corrected chi connectivity index (χ3v) is 6.42. The van der Waals surface area contributed by atoms with Gasteiger partial charge in [-0.05, 0) is 30.7 Å². The summed E-state index contributed by atoms with van der Waals surface area (Å²) in [7, 11) is 1.65. The van der Waals surface area contributed by atoms with E-state index in [4.69, 9.17) is 19.7 Å². The Labute approximate surface area is 227 Å². The average Bonchev–Trinajstić information content (AvgIpc) is 2.76. The lowest BCUT2D eigenvalue weighted by molar-refractivity contribution is -0.871. The van der Waals surface area contributed by atoms with Gasteiger partial charge in [-0.2, -0.15) is 13.2 Å². The van der Waals surface area contributed by atoms with Crippen LogP contribution in [0.2, 0.25) is 0 Å². The number of anilines is 1. The molecule has 224 valence electrons. The zero-order chi connectivity index (χ0) is 30.3. The fraction of sp³-hybridized carbons (Fsp3) is 0.625. The normalized spacial score (nSPS) is 12.6. The molecule has 39 heavy (non-hydrogen) atoms. The Kier molecular flexibility index (Phi) is 15.7. The lowest BCUT2D eigenvalue weighted by atomic mass is 10.1. The van der Waals surface area contributed by atoms with E-state index in [1.165, 1.54) is 43.5 Å². The molecule has 0 heterocycles. The van der Waals surface area contributed by atoms with Crippen molar-refractivity contribution in [2.75, 3.05) is 39.6 Å². The molecule has 0 bridgehead atoms. The van der Waals surface area contributed by atoms with E-state index >= 15 is 0 Å². The van der Waals surface area contributed by atoms with Gasteiger partial charge in [0, 0.05) is 5.69 Å². The molecule has 1 amide bonds. The number of carboxylic acids is 2. The van der Waals surface area contributed by atoms with Gasteiger partial charge in [-0.15, -0.1) is 0 Å². The van der Waals surface area contributed by atoms with Gasteiger partial charge in [-0.1, -0.05) is 39.0 Å². The van der Waals surface area contributed by atoms with E-state index in [0.29, 0.717) is 23.3 Å². The monoisotopic (exact) mass is 585 g/mol. The van der Waals surface area contributed by atoms with Gasteiger partial charge in [-0.3, -0.25) is 10.1 Å². The summed E-state index contributed by atoms with van der Waals surface area (Å²) < 4.78 is 65.0. The summed E-state index contributed by atoms with van der Waals surface area (Å²) in [5.41, 5.74) is 0.408. The summed E-state index contributed by atoms with van der Waals surface area (Å²) in [4.78, 5) is 31.8. The number of benzene rings is 1. The number of unbranched alkanes of at least 4 members (excludes halogenated alkanes) is 5. The summed E-state index contributed by atoms with van der Waals surface area (Å²) >= 11 is 0. The lowest BCUT2D eigenvalue weighted by Crippen LogP contribution is -2.49. The molecule has 0 aliphatic carbocycles. The first-order valence-electron chi connectivity index (χ1n) is 12.2. The number of alkyl halides is 3. The molecule has 0 aromatic heterocycles. The highest BCUT2D eigenvalue weighted by Gasteiger charge is 2.29. The van der Waals surface area contributed by atoms with Gasteiger partial charge in [0.2, 0.25) is 10.0 Å². The third-order valence-electron chi connectivity index (χ3n) is 4.88. The van der Waals surface area contributed by atoms with E-state index in [0.717, 1.165) is 19.3 Å². The van der Waals surface area contributed by atoms with Crippen molar-refractivity contribution >= 4 is 33.7 Å². The second-order valence-electron chi connectivity index (χ2n) is 9.73. The smallest absolute Gasteiger partial charge is 0.430 e. The van der Waals surface area contributed by atoms with Crippen molar-refractivity contribution in [3.63, 3.8) is 0 Å². The second-order valence-corrected chi connectivity index (χ2v) is 11.4. The van der Waals surface area contributed by atoms with Crippen molar-refractivity contribution in [3.8, 4) is 0 Å². The number of hydrogen-bond acceptors (Lipinski definition) is 7. The minimum atomic E-state index is -5.19. The van der Waals surface area contributed by atoms with Gasteiger partial charge in [-0.25, -0.2) is 17.9 Å². The molecular formula is C24H38F3N3O8S. The number of carbonyl (C=O) groups excluding carboxylic acids is 2. The number of quaternary nitrogens is 1. The van der Waals surface area contributed by atoms with Gasteiger partial charge in [0.15, 0.2) is 0 Å². The summed E-state index contributed by atoms with van der Waals surface area (Å²) in [5.74, 6) is -4.09. The first-order chi connectivity index (χ1) is 17.9. The number of nitrogens with one attached hydrogen (secondary N) is 2. The van der Waals surface area contributed by atoms with E-state index in [1.807, 2.05) is 21.1 Å². The van der Waals surface area contributed by atoms with Gasteiger partial charge in [0.05, 0.1) is 51.7 Å². The largest absolute Gasteiger partial charge is 0.542 e. The van der Waals surface area contributed by atoms with Crippen LogP contribution in [0.5, 0.6) is 0 Å². The number of ether oxygens (including phenoxy) is 1. The molecule has 3 N–H and O–H groups in total. The Balaban J connectivity index is 0.00000181. The maximum Gasteiger partial charge on any atom is 0.430 e. The molecule has 1 unspecified atom stereocenters. The Morgan fingerprint density at radius 3 is 2.00 bits per heavy atom. The first-order valence-corrected chi connectivity index (χ1v) is 13.7. The van der Waals surface area contributed by atoms with Crippen molar-refractivity contribution in [2.24, 2.45) is 0 Å². The van der Waals surface area contributed by atoms with Crippen LogP contribution >= 0.6 is 0 Å². The van der Waals surface area contributed by atoms with Crippen molar-refractivity contribution in [1.82, 2.24) is 4.72 Å². The van der Waals surface area contributed by atoms with E-state index in [2.05, 4.69) is 17.0 Å². The Bertz CT molecular complexity index is 1010. The summed E-state index contributed by atoms with van der Waals surface area (Å²) in [5, 5.41) is 20.5. The minimum absolute atomic E-state index is 0.0136. The molecule has 1 atom stereocenters. The fourth-order valence-electron chi connectivity index (χ4n) is 3.22. The van der Waals surface area contributed by atoms with Gasteiger partial charge in [0.25, 0.3) is 0 Å². The third kappa shape index (κ3) is 18.1. The molecule has 15 heteroatoms. The lowest BCUT2D eigenvalue weighted by Gasteiger charge is -2.29. The summed E-state index contributed by atoms with van der Waals surface area (Å²) in [6.07, 6.45) is 0.460. The standard InChI is InChI=1S/C22H37N3O6S.C2HF3O2/c1-5-6-7-8-9-10-15-31-22(28)23-18-11-13-20(14-12-18)32(29,30)24-19(16-21(26)27)17-25(2,3)4;3-2(4,5)1(6)7/h11-14,19,24H,5-10,15-17H2,1-4H3,(H-,23,26,27,28);(H,6,7). The van der Waals surface area contributed by atoms with Crippen LogP contribution in [0.25, 0.3) is 0 Å². The van der Waals surface area contributed by atoms with Gasteiger partial charge in [0.1, 0.15) is 5.97 Å². The summed E-state index contributed by atoms with van der Waals surface area (Å²) in [6, 6.07) is 4.89. The molecule has 0 saturated carbocycles. The molecular weight excluding hydrogens is 547 g/mol. The van der Waals surface area contributed by atoms with Crippen LogP contribution in [0.3, 0.4) is 0 Å². The molecule has 0 fully saturated rings. The molecule has 0 aliphatic rings. The molecule has 0 radical (unpaired) electrons. The molecule has 0 aliphatic heterocycles. The second kappa shape index (κ2) is 16.9. The highest BCUT2D eigenvalue weighted by molar-refractivity contribution is 7.89. The van der Waals surface area contributed by atoms with Crippen LogP contribution in [0.15, 0.2) is 29.2 Å². The number of carboxylic acid groups (broad SMARTS) is 2. The number of likely N-dealkylation sites (N-methyl/N-ethyl adjacent to an activating group) is 1. The number of carbonyl (C=O) groups is 3. The van der Waals surface area contributed by atoms with Crippen LogP contribution < -0.4 is 15.1 Å². The predicted molar refractivity (Wildman–Crippen MR) is 135 cm³/mol. The SMILES string of the molecule is CCCCCCCCOC(=O)Nc1ccc(S(=O)(=O)NC(CC(=O)O)C[N+](C)(C)C)cc1.O=C([O-])C(F)(F)F. The number of sulfonamides is 1. The number of hydrogen-bond donors (Lipinski definition) is 3. The molecule has 1 rings (SSSR count). The maximum atomic E-state index is 12.7. The van der Waals surface area contributed by atoms with E-state index in [-0.39, 0.29) is 11.3 Å².